The van der Waals surface area contributed by atoms with Crippen molar-refractivity contribution in [3.05, 3.63) is 109 Å². The summed E-state index contributed by atoms with van der Waals surface area (Å²) in [6, 6.07) is -1.05. The quantitative estimate of drug-likeness (QED) is 0.0149. The molecule has 476 valence electrons. The van der Waals surface area contributed by atoms with Gasteiger partial charge in [0.1, 0.15) is 24.4 Å². The van der Waals surface area contributed by atoms with Crippen molar-refractivity contribution in [3.63, 3.8) is 0 Å². The van der Waals surface area contributed by atoms with Crippen LogP contribution in [-0.2, 0) is 23.8 Å². The third kappa shape index (κ3) is 46.2. The van der Waals surface area contributed by atoms with Gasteiger partial charge >= 0.3 is 5.97 Å². The molecular formula is C72H123NO10. The van der Waals surface area contributed by atoms with Gasteiger partial charge in [-0.25, -0.2) is 0 Å². The molecular weight excluding hydrogens is 1040 g/mol. The number of rotatable bonds is 56. The zero-order chi connectivity index (χ0) is 60.3. The first-order valence-corrected chi connectivity index (χ1v) is 33.7. The summed E-state index contributed by atoms with van der Waals surface area (Å²) in [5.74, 6) is -1.24. The van der Waals surface area contributed by atoms with Crippen molar-refractivity contribution in [2.24, 2.45) is 0 Å². The van der Waals surface area contributed by atoms with Crippen LogP contribution in [0.3, 0.4) is 0 Å². The highest BCUT2D eigenvalue weighted by Crippen LogP contribution is 2.26. The Kier molecular flexibility index (Phi) is 54.7. The molecule has 1 aliphatic rings. The van der Waals surface area contributed by atoms with Gasteiger partial charge in [0.15, 0.2) is 12.4 Å². The lowest BCUT2D eigenvalue weighted by molar-refractivity contribution is -0.305. The zero-order valence-corrected chi connectivity index (χ0v) is 52.8. The van der Waals surface area contributed by atoms with Crippen LogP contribution in [0.1, 0.15) is 271 Å². The molecule has 1 heterocycles. The first kappa shape index (κ1) is 77.3. The molecule has 1 aliphatic heterocycles. The van der Waals surface area contributed by atoms with Crippen molar-refractivity contribution >= 4 is 11.9 Å². The van der Waals surface area contributed by atoms with Crippen molar-refractivity contribution < 1.29 is 49.3 Å². The van der Waals surface area contributed by atoms with E-state index in [1.165, 1.54) is 154 Å². The summed E-state index contributed by atoms with van der Waals surface area (Å²) < 4.78 is 17.6. The summed E-state index contributed by atoms with van der Waals surface area (Å²) in [5, 5.41) is 57.0. The lowest BCUT2D eigenvalue weighted by Crippen LogP contribution is -2.61. The SMILES string of the molecule is CC\C=C/C=C/C=C/C=C\C=C\C=C\CCCCC(O)C(=O)NC(COC1OC(CO)C(O)C(O)C1OC(=O)CCCCCCCCCCCCCCCCCCC/C=C\C/C=C\CCCCC)C(O)/C=C/CCCCCCCCCCC. The average Bonchev–Trinajstić information content (AvgIpc) is 3.52. The van der Waals surface area contributed by atoms with Crippen molar-refractivity contribution in [1.29, 1.82) is 0 Å². The Morgan fingerprint density at radius 1 is 0.494 bits per heavy atom. The van der Waals surface area contributed by atoms with E-state index in [-0.39, 0.29) is 19.4 Å². The maximum atomic E-state index is 13.4. The summed E-state index contributed by atoms with van der Waals surface area (Å²) >= 11 is 0. The predicted molar refractivity (Wildman–Crippen MR) is 347 cm³/mol. The molecule has 8 unspecified atom stereocenters. The highest BCUT2D eigenvalue weighted by Gasteiger charge is 2.47. The van der Waals surface area contributed by atoms with E-state index in [0.29, 0.717) is 12.8 Å². The molecule has 0 aromatic rings. The van der Waals surface area contributed by atoms with Crippen molar-refractivity contribution in [2.75, 3.05) is 13.2 Å². The minimum Gasteiger partial charge on any atom is -0.454 e. The van der Waals surface area contributed by atoms with Crippen LogP contribution in [0.15, 0.2) is 109 Å². The smallest absolute Gasteiger partial charge is 0.306 e. The van der Waals surface area contributed by atoms with Crippen LogP contribution in [0, 0.1) is 0 Å². The number of carbonyl (C=O) groups excluding carboxylic acids is 2. The first-order chi connectivity index (χ1) is 40.7. The monoisotopic (exact) mass is 1160 g/mol. The van der Waals surface area contributed by atoms with E-state index in [1.54, 1.807) is 6.08 Å². The lowest BCUT2D eigenvalue weighted by atomic mass is 9.99. The first-order valence-electron chi connectivity index (χ1n) is 33.7. The van der Waals surface area contributed by atoms with Gasteiger partial charge in [-0.1, -0.05) is 297 Å². The molecule has 0 aromatic heterocycles. The molecule has 0 radical (unpaired) electrons. The molecule has 83 heavy (non-hydrogen) atoms. The number of esters is 1. The molecule has 11 heteroatoms. The van der Waals surface area contributed by atoms with Crippen LogP contribution in [0.2, 0.25) is 0 Å². The van der Waals surface area contributed by atoms with Crippen molar-refractivity contribution in [2.45, 2.75) is 320 Å². The molecule has 11 nitrogen and oxygen atoms in total. The van der Waals surface area contributed by atoms with Crippen molar-refractivity contribution in [1.82, 2.24) is 5.32 Å². The fourth-order valence-electron chi connectivity index (χ4n) is 10.0. The molecule has 1 amide bonds. The maximum absolute atomic E-state index is 13.4. The van der Waals surface area contributed by atoms with Crippen LogP contribution < -0.4 is 5.32 Å². The molecule has 0 aliphatic carbocycles. The van der Waals surface area contributed by atoms with E-state index >= 15 is 0 Å². The minimum absolute atomic E-state index is 0.114. The number of allylic oxidation sites excluding steroid dienone is 17. The molecule has 1 saturated heterocycles. The van der Waals surface area contributed by atoms with Gasteiger partial charge in [0.05, 0.1) is 25.4 Å². The summed E-state index contributed by atoms with van der Waals surface area (Å²) in [6.45, 7) is 5.59. The molecule has 6 N–H and O–H groups in total. The van der Waals surface area contributed by atoms with Crippen LogP contribution in [0.25, 0.3) is 0 Å². The highest BCUT2D eigenvalue weighted by molar-refractivity contribution is 5.80. The summed E-state index contributed by atoms with van der Waals surface area (Å²) in [7, 11) is 0. The summed E-state index contributed by atoms with van der Waals surface area (Å²) in [4.78, 5) is 26.6. The molecule has 0 aromatic carbocycles. The fourth-order valence-corrected chi connectivity index (χ4v) is 10.0. The third-order valence-electron chi connectivity index (χ3n) is 15.3. The van der Waals surface area contributed by atoms with E-state index in [1.807, 2.05) is 72.9 Å². The molecule has 0 saturated carbocycles. The Morgan fingerprint density at radius 2 is 0.916 bits per heavy atom. The Labute approximate surface area is 507 Å². The number of hydrogen-bond donors (Lipinski definition) is 6. The van der Waals surface area contributed by atoms with E-state index in [9.17, 15) is 35.1 Å². The van der Waals surface area contributed by atoms with E-state index in [2.05, 4.69) is 56.5 Å². The zero-order valence-electron chi connectivity index (χ0n) is 52.8. The van der Waals surface area contributed by atoms with Gasteiger partial charge in [-0.05, 0) is 77.0 Å². The predicted octanol–water partition coefficient (Wildman–Crippen LogP) is 16.8. The Morgan fingerprint density at radius 3 is 1.42 bits per heavy atom. The standard InChI is InChI=1S/C72H123NO10/c1-4-7-10-13-16-19-22-24-26-28-29-30-31-32-33-34-35-36-37-38-40-42-45-48-51-54-57-60-67(77)83-70-69(79)68(78)66(61-74)82-72(70)81-62-63(64(75)58-55-52-49-46-43-21-18-15-12-9-6-3)73-71(80)65(76)59-56-53-50-47-44-41-39-27-25-23-20-17-14-11-8-5-2/h8,11,14,16-17,19-20,23-27,39,41,44,47,55,58,63-66,68-70,72,74-76,78-79H,4-7,9-10,12-13,15,18,21-22,28-38,40,42-43,45-46,48-54,56-57,59-62H2,1-3H3,(H,73,80)/b11-8-,17-14+,19-16-,23-20+,26-24-,27-25-,41-39+,47-44+,58-55+. The van der Waals surface area contributed by atoms with Crippen LogP contribution in [0.5, 0.6) is 0 Å². The number of carbonyl (C=O) groups is 2. The van der Waals surface area contributed by atoms with Gasteiger partial charge in [-0.3, -0.25) is 9.59 Å². The minimum atomic E-state index is -1.63. The number of unbranched alkanes of at least 4 members (excludes halogenated alkanes) is 31. The topological polar surface area (TPSA) is 175 Å². The number of nitrogens with one attached hydrogen (secondary N) is 1. The molecule has 0 spiro atoms. The second-order valence-corrected chi connectivity index (χ2v) is 23.0. The van der Waals surface area contributed by atoms with E-state index in [4.69, 9.17) is 14.2 Å². The Balaban J connectivity index is 2.57. The van der Waals surface area contributed by atoms with Gasteiger partial charge < -0.3 is 45.1 Å². The summed E-state index contributed by atoms with van der Waals surface area (Å²) in [5.41, 5.74) is 0. The van der Waals surface area contributed by atoms with Crippen LogP contribution in [-0.4, -0.2) is 99.6 Å². The van der Waals surface area contributed by atoms with Gasteiger partial charge in [0.2, 0.25) is 5.91 Å². The van der Waals surface area contributed by atoms with Crippen LogP contribution >= 0.6 is 0 Å². The van der Waals surface area contributed by atoms with E-state index in [0.717, 1.165) is 70.6 Å². The number of ether oxygens (including phenoxy) is 3. The largest absolute Gasteiger partial charge is 0.454 e. The Hall–Kier alpha value is -3.68. The Bertz CT molecular complexity index is 1770. The molecule has 1 rings (SSSR count). The molecule has 1 fully saturated rings. The fraction of sp³-hybridized carbons (Fsp3) is 0.722. The number of amides is 1. The van der Waals surface area contributed by atoms with Gasteiger partial charge in [0, 0.05) is 6.42 Å². The number of hydrogen-bond acceptors (Lipinski definition) is 10. The normalized spacial score (nSPS) is 19.3. The molecule has 8 atom stereocenters. The van der Waals surface area contributed by atoms with Gasteiger partial charge in [-0.2, -0.15) is 0 Å². The van der Waals surface area contributed by atoms with Gasteiger partial charge in [-0.15, -0.1) is 0 Å². The lowest BCUT2D eigenvalue weighted by Gasteiger charge is -2.41. The highest BCUT2D eigenvalue weighted by atomic mass is 16.7. The summed E-state index contributed by atoms with van der Waals surface area (Å²) in [6.07, 6.45) is 70.0. The second kappa shape index (κ2) is 58.7. The maximum Gasteiger partial charge on any atom is 0.306 e. The average molecular weight is 1160 g/mol. The van der Waals surface area contributed by atoms with Gasteiger partial charge in [0.25, 0.3) is 0 Å². The number of aliphatic hydroxyl groups is 5. The number of aliphatic hydroxyl groups excluding tert-OH is 5. The van der Waals surface area contributed by atoms with Crippen LogP contribution in [0.4, 0.5) is 0 Å². The second-order valence-electron chi connectivity index (χ2n) is 23.0. The van der Waals surface area contributed by atoms with Crippen molar-refractivity contribution in [3.8, 4) is 0 Å². The van der Waals surface area contributed by atoms with E-state index < -0.39 is 67.4 Å². The third-order valence-corrected chi connectivity index (χ3v) is 15.3. The molecule has 0 bridgehead atoms.